The molecule has 38 heavy (non-hydrogen) atoms. The number of morpholine rings is 1. The maximum absolute atomic E-state index is 14.0. The molecule has 1 fully saturated rings. The number of nitrogens with one attached hydrogen (secondary N) is 1. The molecule has 0 radical (unpaired) electrons. The highest BCUT2D eigenvalue weighted by Crippen LogP contribution is 2.38. The third-order valence-electron chi connectivity index (χ3n) is 6.92. The van der Waals surface area contributed by atoms with Crippen molar-refractivity contribution < 1.29 is 28.2 Å². The van der Waals surface area contributed by atoms with Crippen LogP contribution in [0.1, 0.15) is 47.7 Å². The first-order valence-corrected chi connectivity index (χ1v) is 13.0. The van der Waals surface area contributed by atoms with E-state index in [1.54, 1.807) is 44.2 Å². The number of hydrogen-bond acceptors (Lipinski definition) is 6. The van der Waals surface area contributed by atoms with Crippen LogP contribution in [0.2, 0.25) is 0 Å². The summed E-state index contributed by atoms with van der Waals surface area (Å²) in [6, 6.07) is 13.1. The van der Waals surface area contributed by atoms with Crippen molar-refractivity contribution in [3.8, 4) is 0 Å². The van der Waals surface area contributed by atoms with E-state index < -0.39 is 17.7 Å². The second-order valence-corrected chi connectivity index (χ2v) is 9.42. The van der Waals surface area contributed by atoms with Crippen molar-refractivity contribution in [1.82, 2.24) is 15.1 Å². The maximum Gasteiger partial charge on any atom is 0.336 e. The fourth-order valence-electron chi connectivity index (χ4n) is 4.93. The summed E-state index contributed by atoms with van der Waals surface area (Å²) in [5.41, 5.74) is 2.62. The predicted octanol–water partition coefficient (Wildman–Crippen LogP) is 3.24. The summed E-state index contributed by atoms with van der Waals surface area (Å²) in [7, 11) is 0. The Labute approximate surface area is 222 Å². The highest BCUT2D eigenvalue weighted by molar-refractivity contribution is 5.96. The zero-order chi connectivity index (χ0) is 27.1. The van der Waals surface area contributed by atoms with Gasteiger partial charge >= 0.3 is 5.97 Å². The standard InChI is InChI=1S/C29H34FN3O5/c1-3-38-29(36)27-20(2)33(26(34)18-25(27)22-7-5-9-24(30)17-22)19-21-6-4-8-23(16-21)28(35)31-10-11-32-12-14-37-15-13-32/h4-9,16-17,25H,3,10-15,18-19H2,1-2H3,(H,31,35). The molecular formula is C29H34FN3O5. The normalized spacial score (nSPS) is 18.4. The van der Waals surface area contributed by atoms with Gasteiger partial charge in [0.1, 0.15) is 5.82 Å². The predicted molar refractivity (Wildman–Crippen MR) is 140 cm³/mol. The van der Waals surface area contributed by atoms with Gasteiger partial charge < -0.3 is 19.7 Å². The van der Waals surface area contributed by atoms with Crippen LogP contribution in [0.15, 0.2) is 59.8 Å². The summed E-state index contributed by atoms with van der Waals surface area (Å²) in [6.45, 7) is 8.21. The van der Waals surface area contributed by atoms with E-state index in [2.05, 4.69) is 10.2 Å². The maximum atomic E-state index is 14.0. The molecule has 2 amide bonds. The lowest BCUT2D eigenvalue weighted by molar-refractivity contribution is -0.140. The first kappa shape index (κ1) is 27.5. The third kappa shape index (κ3) is 6.65. The third-order valence-corrected chi connectivity index (χ3v) is 6.92. The van der Waals surface area contributed by atoms with E-state index in [4.69, 9.17) is 9.47 Å². The molecule has 4 rings (SSSR count). The minimum Gasteiger partial charge on any atom is -0.463 e. The van der Waals surface area contributed by atoms with Gasteiger partial charge in [0.05, 0.1) is 31.9 Å². The van der Waals surface area contributed by atoms with Crippen LogP contribution in [0.5, 0.6) is 0 Å². The molecule has 1 saturated heterocycles. The Morgan fingerprint density at radius 2 is 1.89 bits per heavy atom. The van der Waals surface area contributed by atoms with E-state index in [-0.39, 0.29) is 31.4 Å². The van der Waals surface area contributed by atoms with Crippen LogP contribution in [-0.4, -0.2) is 73.6 Å². The highest BCUT2D eigenvalue weighted by atomic mass is 19.1. The Kier molecular flexibility index (Phi) is 9.25. The molecule has 2 aliphatic heterocycles. The fourth-order valence-corrected chi connectivity index (χ4v) is 4.93. The lowest BCUT2D eigenvalue weighted by Crippen LogP contribution is -2.41. The summed E-state index contributed by atoms with van der Waals surface area (Å²) in [4.78, 5) is 42.8. The molecule has 8 nitrogen and oxygen atoms in total. The minimum atomic E-state index is -0.600. The zero-order valence-corrected chi connectivity index (χ0v) is 21.9. The van der Waals surface area contributed by atoms with Gasteiger partial charge in [0.2, 0.25) is 5.91 Å². The second-order valence-electron chi connectivity index (χ2n) is 9.42. The lowest BCUT2D eigenvalue weighted by Gasteiger charge is -2.34. The number of nitrogens with zero attached hydrogens (tertiary/aromatic N) is 2. The average Bonchev–Trinajstić information content (AvgIpc) is 2.91. The molecule has 202 valence electrons. The van der Waals surface area contributed by atoms with Crippen molar-refractivity contribution in [1.29, 1.82) is 0 Å². The van der Waals surface area contributed by atoms with Crippen molar-refractivity contribution in [3.05, 3.63) is 82.3 Å². The van der Waals surface area contributed by atoms with Crippen molar-refractivity contribution in [2.45, 2.75) is 32.7 Å². The monoisotopic (exact) mass is 523 g/mol. The molecule has 0 aliphatic carbocycles. The van der Waals surface area contributed by atoms with Crippen LogP contribution in [0.3, 0.4) is 0 Å². The van der Waals surface area contributed by atoms with Crippen LogP contribution >= 0.6 is 0 Å². The van der Waals surface area contributed by atoms with Gasteiger partial charge in [-0.2, -0.15) is 0 Å². The number of allylic oxidation sites excluding steroid dienone is 1. The molecule has 0 aromatic heterocycles. The largest absolute Gasteiger partial charge is 0.463 e. The number of benzene rings is 2. The molecule has 1 atom stereocenters. The number of halogens is 1. The number of esters is 1. The molecule has 0 saturated carbocycles. The Hall–Kier alpha value is -3.56. The molecule has 0 spiro atoms. The Morgan fingerprint density at radius 1 is 1.13 bits per heavy atom. The molecule has 9 heteroatoms. The van der Waals surface area contributed by atoms with Crippen molar-refractivity contribution in [3.63, 3.8) is 0 Å². The van der Waals surface area contributed by atoms with E-state index in [0.29, 0.717) is 42.2 Å². The van der Waals surface area contributed by atoms with Crippen LogP contribution in [0, 0.1) is 5.82 Å². The Bertz CT molecular complexity index is 1210. The Morgan fingerprint density at radius 3 is 2.63 bits per heavy atom. The van der Waals surface area contributed by atoms with E-state index in [1.165, 1.54) is 17.0 Å². The number of ether oxygens (including phenoxy) is 2. The van der Waals surface area contributed by atoms with Crippen LogP contribution in [0.4, 0.5) is 4.39 Å². The van der Waals surface area contributed by atoms with Gasteiger partial charge in [0.15, 0.2) is 0 Å². The molecule has 2 heterocycles. The lowest BCUT2D eigenvalue weighted by atomic mass is 9.83. The number of carbonyl (C=O) groups is 3. The quantitative estimate of drug-likeness (QED) is 0.508. The smallest absolute Gasteiger partial charge is 0.336 e. The minimum absolute atomic E-state index is 0.0106. The summed E-state index contributed by atoms with van der Waals surface area (Å²) < 4.78 is 24.6. The van der Waals surface area contributed by atoms with Crippen molar-refractivity contribution >= 4 is 17.8 Å². The van der Waals surface area contributed by atoms with E-state index in [9.17, 15) is 18.8 Å². The van der Waals surface area contributed by atoms with Crippen molar-refractivity contribution in [2.75, 3.05) is 46.0 Å². The van der Waals surface area contributed by atoms with Gasteiger partial charge in [-0.3, -0.25) is 14.5 Å². The van der Waals surface area contributed by atoms with Gasteiger partial charge in [-0.05, 0) is 49.2 Å². The number of hydrogen-bond donors (Lipinski definition) is 1. The molecule has 1 N–H and O–H groups in total. The summed E-state index contributed by atoms with van der Waals surface area (Å²) in [5.74, 6) is -1.93. The number of rotatable bonds is 9. The van der Waals surface area contributed by atoms with Crippen LogP contribution < -0.4 is 5.32 Å². The van der Waals surface area contributed by atoms with Gasteiger partial charge in [-0.15, -0.1) is 0 Å². The summed E-state index contributed by atoms with van der Waals surface area (Å²) in [5, 5.41) is 2.96. The fraction of sp³-hybridized carbons (Fsp3) is 0.414. The van der Waals surface area contributed by atoms with E-state index in [1.807, 2.05) is 6.07 Å². The number of carbonyl (C=O) groups excluding carboxylic acids is 3. The van der Waals surface area contributed by atoms with Gasteiger partial charge in [0.25, 0.3) is 5.91 Å². The molecule has 1 unspecified atom stereocenters. The summed E-state index contributed by atoms with van der Waals surface area (Å²) in [6.07, 6.45) is 0.0106. The molecule has 2 aromatic carbocycles. The van der Waals surface area contributed by atoms with E-state index in [0.717, 1.165) is 25.2 Å². The molecular weight excluding hydrogens is 489 g/mol. The van der Waals surface area contributed by atoms with Crippen LogP contribution in [0.25, 0.3) is 0 Å². The van der Waals surface area contributed by atoms with Crippen molar-refractivity contribution in [2.24, 2.45) is 0 Å². The van der Waals surface area contributed by atoms with Gasteiger partial charge in [-0.25, -0.2) is 9.18 Å². The topological polar surface area (TPSA) is 88.2 Å². The summed E-state index contributed by atoms with van der Waals surface area (Å²) >= 11 is 0. The molecule has 2 aliphatic rings. The van der Waals surface area contributed by atoms with E-state index >= 15 is 0 Å². The second kappa shape index (κ2) is 12.8. The van der Waals surface area contributed by atoms with Gasteiger partial charge in [-0.1, -0.05) is 24.3 Å². The highest BCUT2D eigenvalue weighted by Gasteiger charge is 2.37. The molecule has 0 bridgehead atoms. The van der Waals surface area contributed by atoms with Gasteiger partial charge in [0, 0.05) is 49.8 Å². The SMILES string of the molecule is CCOC(=O)C1=C(C)N(Cc2cccc(C(=O)NCCN3CCOCC3)c2)C(=O)CC1c1cccc(F)c1. The first-order chi connectivity index (χ1) is 18.4. The zero-order valence-electron chi connectivity index (χ0n) is 21.9. The molecule has 2 aromatic rings. The van der Waals surface area contributed by atoms with Crippen LogP contribution in [-0.2, 0) is 25.6 Å². The number of amides is 2. The Balaban J connectivity index is 1.50. The average molecular weight is 524 g/mol. The first-order valence-electron chi connectivity index (χ1n) is 13.0.